The van der Waals surface area contributed by atoms with Gasteiger partial charge in [0.2, 0.25) is 0 Å². The Labute approximate surface area is 116 Å². The van der Waals surface area contributed by atoms with Gasteiger partial charge >= 0.3 is 0 Å². The summed E-state index contributed by atoms with van der Waals surface area (Å²) in [5.74, 6) is 0.0128. The highest BCUT2D eigenvalue weighted by Crippen LogP contribution is 2.23. The molecule has 8 nitrogen and oxygen atoms in total. The number of sulfone groups is 1. The van der Waals surface area contributed by atoms with E-state index < -0.39 is 29.3 Å². The number of ether oxygens (including phenoxy) is 1. The van der Waals surface area contributed by atoms with E-state index in [0.717, 1.165) is 10.8 Å². The maximum atomic E-state index is 11.5. The summed E-state index contributed by atoms with van der Waals surface area (Å²) in [7, 11) is -0.886. The predicted molar refractivity (Wildman–Crippen MR) is 68.2 cm³/mol. The predicted octanol–water partition coefficient (Wildman–Crippen LogP) is -0.0424. The molecule has 0 N–H and O–H groups in total. The Bertz CT molecular complexity index is 652. The van der Waals surface area contributed by atoms with Gasteiger partial charge in [0.15, 0.2) is 15.7 Å². The van der Waals surface area contributed by atoms with Crippen LogP contribution in [-0.2, 0) is 30.2 Å². The lowest BCUT2D eigenvalue weighted by molar-refractivity contribution is 0.183. The molecule has 0 saturated carbocycles. The smallest absolute Gasteiger partial charge is 0.296 e. The molecule has 0 bridgehead atoms. The van der Waals surface area contributed by atoms with Crippen LogP contribution in [0.3, 0.4) is 0 Å². The molecule has 0 amide bonds. The number of hydrogen-bond donors (Lipinski definition) is 0. The molecule has 0 aliphatic rings. The molecule has 0 aliphatic carbocycles. The second kappa shape index (κ2) is 5.73. The third kappa shape index (κ3) is 3.88. The van der Waals surface area contributed by atoms with Gasteiger partial charge in [-0.15, -0.1) is 10.2 Å². The molecule has 0 spiro atoms. The summed E-state index contributed by atoms with van der Waals surface area (Å²) in [4.78, 5) is 0. The van der Waals surface area contributed by atoms with Crippen molar-refractivity contribution in [2.24, 2.45) is 0 Å². The van der Waals surface area contributed by atoms with E-state index >= 15 is 0 Å². The van der Waals surface area contributed by atoms with Gasteiger partial charge in [0.05, 0.1) is 13.2 Å². The second-order valence-electron chi connectivity index (χ2n) is 3.89. The fourth-order valence-corrected chi connectivity index (χ4v) is 2.85. The Morgan fingerprint density at radius 2 is 1.89 bits per heavy atom. The van der Waals surface area contributed by atoms with Crippen LogP contribution in [0.15, 0.2) is 5.16 Å². The van der Waals surface area contributed by atoms with E-state index in [0.29, 0.717) is 0 Å². The van der Waals surface area contributed by atoms with Gasteiger partial charge in [0, 0.05) is 24.0 Å². The first kappa shape index (κ1) is 16.3. The minimum atomic E-state index is -4.11. The van der Waals surface area contributed by atoms with Crippen LogP contribution >= 0.6 is 10.7 Å². The summed E-state index contributed by atoms with van der Waals surface area (Å²) in [5.41, 5.74) is 0. The normalized spacial score (nSPS) is 14.5. The van der Waals surface area contributed by atoms with Gasteiger partial charge < -0.3 is 4.74 Å². The van der Waals surface area contributed by atoms with Crippen LogP contribution < -0.4 is 0 Å². The van der Waals surface area contributed by atoms with Crippen molar-refractivity contribution in [1.29, 1.82) is 0 Å². The molecule has 1 unspecified atom stereocenters. The van der Waals surface area contributed by atoms with Gasteiger partial charge in [0.25, 0.3) is 14.2 Å². The molecule has 0 saturated heterocycles. The van der Waals surface area contributed by atoms with Crippen LogP contribution in [0, 0.1) is 0 Å². The molecular weight excluding hydrogens is 318 g/mol. The van der Waals surface area contributed by atoms with Crippen molar-refractivity contribution in [1.82, 2.24) is 14.8 Å². The van der Waals surface area contributed by atoms with E-state index in [2.05, 4.69) is 10.2 Å². The summed E-state index contributed by atoms with van der Waals surface area (Å²) < 4.78 is 51.7. The van der Waals surface area contributed by atoms with Crippen LogP contribution in [0.1, 0.15) is 18.0 Å². The van der Waals surface area contributed by atoms with Crippen LogP contribution in [0.4, 0.5) is 0 Å². The molecular formula is C8H14ClN3O5S2. The molecule has 0 aromatic carbocycles. The van der Waals surface area contributed by atoms with Gasteiger partial charge in [-0.1, -0.05) is 0 Å². The molecule has 11 heteroatoms. The number of nitrogens with zero attached hydrogens (tertiary/aromatic N) is 3. The maximum Gasteiger partial charge on any atom is 0.296 e. The number of methoxy groups -OCH3 is 1. The third-order valence-electron chi connectivity index (χ3n) is 2.49. The first-order valence-corrected chi connectivity index (χ1v) is 9.41. The van der Waals surface area contributed by atoms with Gasteiger partial charge in [-0.05, 0) is 6.92 Å². The fourth-order valence-electron chi connectivity index (χ4n) is 1.37. The van der Waals surface area contributed by atoms with Crippen molar-refractivity contribution >= 4 is 29.6 Å². The van der Waals surface area contributed by atoms with E-state index in [9.17, 15) is 16.8 Å². The fraction of sp³-hybridized carbons (Fsp3) is 0.750. The van der Waals surface area contributed by atoms with E-state index in [1.165, 1.54) is 14.0 Å². The minimum absolute atomic E-state index is 0.0128. The average molecular weight is 332 g/mol. The number of hydrogen-bond acceptors (Lipinski definition) is 7. The Balaban J connectivity index is 3.38. The summed E-state index contributed by atoms with van der Waals surface area (Å²) in [6, 6.07) is 0. The lowest BCUT2D eigenvalue weighted by Crippen LogP contribution is -2.18. The highest BCUT2D eigenvalue weighted by molar-refractivity contribution is 8.13. The van der Waals surface area contributed by atoms with Crippen molar-refractivity contribution in [2.75, 3.05) is 20.0 Å². The SMILES string of the molecule is COCCn1c(C(C)S(C)(=O)=O)nnc1S(=O)(=O)Cl. The van der Waals surface area contributed by atoms with E-state index in [4.69, 9.17) is 15.4 Å². The zero-order valence-electron chi connectivity index (χ0n) is 10.6. The molecule has 1 atom stereocenters. The zero-order valence-corrected chi connectivity index (χ0v) is 13.0. The Kier molecular flexibility index (Phi) is 4.93. The Hall–Kier alpha value is -0.710. The summed E-state index contributed by atoms with van der Waals surface area (Å²) in [6.07, 6.45) is 1.03. The minimum Gasteiger partial charge on any atom is -0.383 e. The Morgan fingerprint density at radius 3 is 2.32 bits per heavy atom. The van der Waals surface area contributed by atoms with Gasteiger partial charge in [-0.25, -0.2) is 16.8 Å². The molecule has 1 aromatic heterocycles. The number of halogens is 1. The molecule has 19 heavy (non-hydrogen) atoms. The summed E-state index contributed by atoms with van der Waals surface area (Å²) in [5, 5.41) is 5.58. The summed E-state index contributed by atoms with van der Waals surface area (Å²) in [6.45, 7) is 1.65. The molecule has 0 radical (unpaired) electrons. The topological polar surface area (TPSA) is 108 Å². The van der Waals surface area contributed by atoms with Crippen LogP contribution in [0.2, 0.25) is 0 Å². The largest absolute Gasteiger partial charge is 0.383 e. The third-order valence-corrected chi connectivity index (χ3v) is 5.14. The molecule has 1 aromatic rings. The van der Waals surface area contributed by atoms with Crippen molar-refractivity contribution in [3.63, 3.8) is 0 Å². The van der Waals surface area contributed by atoms with Gasteiger partial charge in [0.1, 0.15) is 5.25 Å². The van der Waals surface area contributed by atoms with Crippen molar-refractivity contribution in [3.8, 4) is 0 Å². The standard InChI is InChI=1S/C8H14ClN3O5S2/c1-6(18(3,13)14)7-10-11-8(19(9,15)16)12(7)4-5-17-2/h6H,4-5H2,1-3H3. The van der Waals surface area contributed by atoms with Crippen molar-refractivity contribution < 1.29 is 21.6 Å². The zero-order chi connectivity index (χ0) is 14.8. The van der Waals surface area contributed by atoms with Crippen LogP contribution in [0.25, 0.3) is 0 Å². The average Bonchev–Trinajstić information content (AvgIpc) is 2.66. The quantitative estimate of drug-likeness (QED) is 0.673. The summed E-state index contributed by atoms with van der Waals surface area (Å²) >= 11 is 0. The van der Waals surface area contributed by atoms with Crippen molar-refractivity contribution in [3.05, 3.63) is 5.82 Å². The van der Waals surface area contributed by atoms with E-state index in [1.807, 2.05) is 0 Å². The lowest BCUT2D eigenvalue weighted by atomic mass is 10.4. The molecule has 1 rings (SSSR count). The molecule has 1 heterocycles. The molecule has 0 aliphatic heterocycles. The van der Waals surface area contributed by atoms with E-state index in [1.54, 1.807) is 0 Å². The number of aromatic nitrogens is 3. The van der Waals surface area contributed by atoms with Gasteiger partial charge in [-0.3, -0.25) is 4.57 Å². The van der Waals surface area contributed by atoms with Gasteiger partial charge in [-0.2, -0.15) is 0 Å². The molecule has 0 fully saturated rings. The van der Waals surface area contributed by atoms with Crippen LogP contribution in [0.5, 0.6) is 0 Å². The Morgan fingerprint density at radius 1 is 1.32 bits per heavy atom. The first-order chi connectivity index (χ1) is 8.59. The second-order valence-corrected chi connectivity index (χ2v) is 8.72. The van der Waals surface area contributed by atoms with E-state index in [-0.39, 0.29) is 19.0 Å². The van der Waals surface area contributed by atoms with Crippen molar-refractivity contribution in [2.45, 2.75) is 23.9 Å². The monoisotopic (exact) mass is 331 g/mol. The number of rotatable bonds is 6. The highest BCUT2D eigenvalue weighted by atomic mass is 35.7. The van der Waals surface area contributed by atoms with Crippen LogP contribution in [-0.4, -0.2) is 51.6 Å². The molecule has 110 valence electrons. The maximum absolute atomic E-state index is 11.5. The lowest BCUT2D eigenvalue weighted by Gasteiger charge is -2.12. The highest BCUT2D eigenvalue weighted by Gasteiger charge is 2.29. The first-order valence-electron chi connectivity index (χ1n) is 5.14.